The van der Waals surface area contributed by atoms with E-state index in [1.165, 1.54) is 10.2 Å². The van der Waals surface area contributed by atoms with Crippen LogP contribution in [0.4, 0.5) is 0 Å². The molecule has 0 saturated heterocycles. The van der Waals surface area contributed by atoms with E-state index < -0.39 is 10.0 Å². The van der Waals surface area contributed by atoms with Crippen LogP contribution < -0.4 is 5.73 Å². The number of hydrogen-bond acceptors (Lipinski definition) is 6. The first-order valence-electron chi connectivity index (χ1n) is 9.50. The summed E-state index contributed by atoms with van der Waals surface area (Å²) in [6.45, 7) is 6.16. The van der Waals surface area contributed by atoms with E-state index in [9.17, 15) is 8.42 Å². The Morgan fingerprint density at radius 3 is 2.52 bits per heavy atom. The minimum Gasteiger partial charge on any atom is -0.327 e. The van der Waals surface area contributed by atoms with Gasteiger partial charge in [0.05, 0.1) is 16.6 Å². The average Bonchev–Trinajstić information content (AvgIpc) is 3.30. The third kappa shape index (κ3) is 2.47. The Hall–Kier alpha value is -2.78. The van der Waals surface area contributed by atoms with E-state index in [2.05, 4.69) is 29.0 Å². The van der Waals surface area contributed by atoms with Crippen LogP contribution in [-0.4, -0.2) is 38.0 Å². The van der Waals surface area contributed by atoms with Gasteiger partial charge in [-0.3, -0.25) is 4.40 Å². The summed E-state index contributed by atoms with van der Waals surface area (Å²) in [4.78, 5) is 4.60. The highest BCUT2D eigenvalue weighted by Gasteiger charge is 2.49. The first-order valence-corrected chi connectivity index (χ1v) is 10.9. The molecule has 1 aliphatic rings. The predicted molar refractivity (Wildman–Crippen MR) is 109 cm³/mol. The van der Waals surface area contributed by atoms with Crippen LogP contribution in [0.5, 0.6) is 0 Å². The number of nitrogens with zero attached hydrogens (tertiary/aromatic N) is 5. The van der Waals surface area contributed by atoms with Crippen molar-refractivity contribution in [3.8, 4) is 0 Å². The molecule has 1 saturated carbocycles. The minimum atomic E-state index is -3.77. The molecule has 0 spiro atoms. The van der Waals surface area contributed by atoms with Crippen molar-refractivity contribution in [3.63, 3.8) is 0 Å². The van der Waals surface area contributed by atoms with Crippen molar-refractivity contribution in [1.82, 2.24) is 23.6 Å². The number of aromatic nitrogens is 5. The number of nitrogens with two attached hydrogens (primary N) is 1. The van der Waals surface area contributed by atoms with Crippen LogP contribution >= 0.6 is 0 Å². The molecule has 1 fully saturated rings. The first kappa shape index (κ1) is 18.3. The summed E-state index contributed by atoms with van der Waals surface area (Å²) in [5.74, 6) is 0.944. The lowest BCUT2D eigenvalue weighted by molar-refractivity contribution is 0.0916. The highest BCUT2D eigenvalue weighted by Crippen LogP contribution is 2.51. The van der Waals surface area contributed by atoms with Crippen LogP contribution in [0.25, 0.3) is 16.8 Å². The molecule has 9 heteroatoms. The summed E-state index contributed by atoms with van der Waals surface area (Å²) in [7, 11) is -3.77. The molecule has 3 heterocycles. The molecule has 0 aliphatic heterocycles. The maximum Gasteiger partial charge on any atom is 0.269 e. The van der Waals surface area contributed by atoms with Crippen molar-refractivity contribution in [1.29, 1.82) is 0 Å². The molecule has 4 aromatic rings. The minimum absolute atomic E-state index is 0.101. The number of rotatable bonds is 3. The third-order valence-electron chi connectivity index (χ3n) is 6.29. The fourth-order valence-electron chi connectivity index (χ4n) is 4.09. The molecule has 150 valence electrons. The van der Waals surface area contributed by atoms with Crippen LogP contribution in [0.1, 0.15) is 37.6 Å². The smallest absolute Gasteiger partial charge is 0.269 e. The molecule has 0 unspecified atom stereocenters. The average molecular weight is 411 g/mol. The Morgan fingerprint density at radius 2 is 1.86 bits per heavy atom. The topological polar surface area (TPSA) is 108 Å². The zero-order chi connectivity index (χ0) is 20.6. The van der Waals surface area contributed by atoms with Crippen molar-refractivity contribution in [2.24, 2.45) is 11.1 Å². The zero-order valence-electron chi connectivity index (χ0n) is 16.4. The summed E-state index contributed by atoms with van der Waals surface area (Å²) in [6, 6.07) is 8.63. The quantitative estimate of drug-likeness (QED) is 0.556. The summed E-state index contributed by atoms with van der Waals surface area (Å²) in [5, 5.41) is 8.65. The van der Waals surface area contributed by atoms with Crippen LogP contribution in [0.2, 0.25) is 0 Å². The summed E-state index contributed by atoms with van der Waals surface area (Å²) in [6.07, 6.45) is 3.92. The maximum absolute atomic E-state index is 13.2. The van der Waals surface area contributed by atoms with Gasteiger partial charge in [0, 0.05) is 18.2 Å². The maximum atomic E-state index is 13.2. The van der Waals surface area contributed by atoms with E-state index in [0.29, 0.717) is 16.8 Å². The Bertz CT molecular complexity index is 1350. The van der Waals surface area contributed by atoms with Gasteiger partial charge in [0.1, 0.15) is 5.82 Å². The Balaban J connectivity index is 1.70. The molecule has 8 nitrogen and oxygen atoms in total. The van der Waals surface area contributed by atoms with Crippen LogP contribution in [0, 0.1) is 12.3 Å². The van der Waals surface area contributed by atoms with E-state index in [1.54, 1.807) is 36.5 Å². The van der Waals surface area contributed by atoms with Gasteiger partial charge < -0.3 is 5.73 Å². The Kier molecular flexibility index (Phi) is 3.69. The van der Waals surface area contributed by atoms with E-state index >= 15 is 0 Å². The standard InChI is InChI=1S/C20H22N6O2S/c1-12-4-6-13(7-5-12)29(27,28)25-9-8-15-19(25)22-11-17-23-24-18(26(15)17)14-10-16(21)20(14,2)3/h4-9,11,14,16H,10,21H2,1-3H3/t14-,16-/m1/s1. The number of aryl methyl sites for hydroxylation is 1. The van der Waals surface area contributed by atoms with Crippen molar-refractivity contribution >= 4 is 26.8 Å². The number of hydrogen-bond donors (Lipinski definition) is 1. The van der Waals surface area contributed by atoms with Gasteiger partial charge >= 0.3 is 0 Å². The summed E-state index contributed by atoms with van der Waals surface area (Å²) >= 11 is 0. The van der Waals surface area contributed by atoms with Crippen molar-refractivity contribution in [3.05, 3.63) is 54.1 Å². The van der Waals surface area contributed by atoms with Crippen molar-refractivity contribution < 1.29 is 8.42 Å². The van der Waals surface area contributed by atoms with Crippen molar-refractivity contribution in [2.75, 3.05) is 0 Å². The Labute approximate surface area is 168 Å². The van der Waals surface area contributed by atoms with Gasteiger partial charge in [0.2, 0.25) is 0 Å². The van der Waals surface area contributed by atoms with E-state index in [4.69, 9.17) is 5.73 Å². The molecular weight excluding hydrogens is 388 g/mol. The molecule has 1 aliphatic carbocycles. The molecule has 0 radical (unpaired) electrons. The molecule has 3 aromatic heterocycles. The second-order valence-corrected chi connectivity index (χ2v) is 10.2. The fraction of sp³-hybridized carbons (Fsp3) is 0.350. The van der Waals surface area contributed by atoms with E-state index in [1.807, 2.05) is 11.3 Å². The predicted octanol–water partition coefficient (Wildman–Crippen LogP) is 2.47. The molecule has 0 bridgehead atoms. The fourth-order valence-corrected chi connectivity index (χ4v) is 5.39. The van der Waals surface area contributed by atoms with E-state index in [0.717, 1.165) is 17.8 Å². The first-order chi connectivity index (χ1) is 13.7. The highest BCUT2D eigenvalue weighted by atomic mass is 32.2. The summed E-state index contributed by atoms with van der Waals surface area (Å²) < 4.78 is 29.5. The molecule has 2 N–H and O–H groups in total. The van der Waals surface area contributed by atoms with Crippen molar-refractivity contribution in [2.45, 2.75) is 44.0 Å². The molecular formula is C20H22N6O2S. The van der Waals surface area contributed by atoms with Gasteiger partial charge in [-0.2, -0.15) is 0 Å². The van der Waals surface area contributed by atoms with E-state index in [-0.39, 0.29) is 22.3 Å². The lowest BCUT2D eigenvalue weighted by Crippen LogP contribution is -2.53. The van der Waals surface area contributed by atoms with Gasteiger partial charge in [0.25, 0.3) is 10.0 Å². The van der Waals surface area contributed by atoms with Gasteiger partial charge in [-0.25, -0.2) is 17.4 Å². The monoisotopic (exact) mass is 410 g/mol. The van der Waals surface area contributed by atoms with Crippen LogP contribution in [0.15, 0.2) is 47.6 Å². The molecule has 5 rings (SSSR count). The second kappa shape index (κ2) is 5.87. The lowest BCUT2D eigenvalue weighted by atomic mass is 9.58. The van der Waals surface area contributed by atoms with Crippen LogP contribution in [-0.2, 0) is 10.0 Å². The van der Waals surface area contributed by atoms with Gasteiger partial charge in [-0.1, -0.05) is 31.5 Å². The Morgan fingerprint density at radius 1 is 1.14 bits per heavy atom. The number of fused-ring (bicyclic) bond motifs is 3. The molecule has 2 atom stereocenters. The van der Waals surface area contributed by atoms with Gasteiger partial charge in [-0.15, -0.1) is 10.2 Å². The molecule has 0 amide bonds. The highest BCUT2D eigenvalue weighted by molar-refractivity contribution is 7.90. The van der Waals surface area contributed by atoms with Gasteiger partial charge in [-0.05, 0) is 37.0 Å². The van der Waals surface area contributed by atoms with Gasteiger partial charge in [0.15, 0.2) is 11.3 Å². The molecule has 29 heavy (non-hydrogen) atoms. The molecule has 1 aromatic carbocycles. The number of benzene rings is 1. The SMILES string of the molecule is Cc1ccc(S(=O)(=O)n2ccc3c2ncc2nnc([C@H]4C[C@@H](N)C4(C)C)n23)cc1. The zero-order valence-corrected chi connectivity index (χ0v) is 17.3. The summed E-state index contributed by atoms with van der Waals surface area (Å²) in [5.41, 5.74) is 8.69. The van der Waals surface area contributed by atoms with Crippen LogP contribution in [0.3, 0.4) is 0 Å². The normalized spacial score (nSPS) is 21.5. The largest absolute Gasteiger partial charge is 0.327 e. The lowest BCUT2D eigenvalue weighted by Gasteiger charge is -2.49. The third-order valence-corrected chi connectivity index (χ3v) is 7.98. The second-order valence-electron chi connectivity index (χ2n) is 8.36.